The van der Waals surface area contributed by atoms with Gasteiger partial charge in [-0.05, 0) is 31.2 Å². The Morgan fingerprint density at radius 1 is 1.28 bits per heavy atom. The van der Waals surface area contributed by atoms with Gasteiger partial charge in [-0.1, -0.05) is 6.92 Å². The lowest BCUT2D eigenvalue weighted by Crippen LogP contribution is -2.47. The Morgan fingerprint density at radius 2 is 2.00 bits per heavy atom. The first-order valence-corrected chi connectivity index (χ1v) is 9.96. The Bertz CT molecular complexity index is 1020. The summed E-state index contributed by atoms with van der Waals surface area (Å²) in [5, 5.41) is 17.3. The fourth-order valence-corrected chi connectivity index (χ4v) is 3.42. The highest BCUT2D eigenvalue weighted by Gasteiger charge is 2.37. The van der Waals surface area contributed by atoms with Crippen molar-refractivity contribution in [2.45, 2.75) is 38.3 Å². The standard InChI is InChI=1S/C20H24F2N6O4/c1-3-14(26-20(30)31)15(9-4-5-9)27-18-12(21)7-11(16(23)29)17(28-18)25-10-6-13(22)19(32-2)24-8-10/h6-9,14-15,26H,3-5H2,1-2H3,(H2,23,29)(H,30,31)(H2,25,27,28)/t14-,15+/m0/s1. The van der Waals surface area contributed by atoms with Crippen LogP contribution >= 0.6 is 0 Å². The van der Waals surface area contributed by atoms with Crippen LogP contribution in [0.3, 0.4) is 0 Å². The van der Waals surface area contributed by atoms with Crippen LogP contribution in [0, 0.1) is 17.6 Å². The van der Waals surface area contributed by atoms with Crippen molar-refractivity contribution in [2.24, 2.45) is 11.7 Å². The predicted molar refractivity (Wildman–Crippen MR) is 112 cm³/mol. The number of primary amides is 1. The summed E-state index contributed by atoms with van der Waals surface area (Å²) in [4.78, 5) is 30.9. The van der Waals surface area contributed by atoms with Gasteiger partial charge in [-0.2, -0.15) is 0 Å². The molecule has 12 heteroatoms. The van der Waals surface area contributed by atoms with Gasteiger partial charge in [-0.3, -0.25) is 4.79 Å². The minimum atomic E-state index is -1.18. The number of nitrogens with zero attached hydrogens (tertiary/aromatic N) is 2. The summed E-state index contributed by atoms with van der Waals surface area (Å²) >= 11 is 0. The first kappa shape index (κ1) is 23.0. The van der Waals surface area contributed by atoms with Crippen molar-refractivity contribution in [3.63, 3.8) is 0 Å². The molecule has 1 aliphatic rings. The number of hydrogen-bond acceptors (Lipinski definition) is 7. The van der Waals surface area contributed by atoms with E-state index in [0.717, 1.165) is 25.0 Å². The Morgan fingerprint density at radius 3 is 2.53 bits per heavy atom. The third kappa shape index (κ3) is 5.31. The number of carbonyl (C=O) groups excluding carboxylic acids is 1. The lowest BCUT2D eigenvalue weighted by molar-refractivity contribution is 0.1000. The van der Waals surface area contributed by atoms with Crippen molar-refractivity contribution < 1.29 is 28.2 Å². The number of amides is 2. The van der Waals surface area contributed by atoms with Crippen molar-refractivity contribution in [3.05, 3.63) is 35.5 Å². The Labute approximate surface area is 182 Å². The van der Waals surface area contributed by atoms with Crippen molar-refractivity contribution in [3.8, 4) is 5.88 Å². The highest BCUT2D eigenvalue weighted by atomic mass is 19.1. The minimum Gasteiger partial charge on any atom is -0.479 e. The van der Waals surface area contributed by atoms with Gasteiger partial charge in [0.15, 0.2) is 17.5 Å². The molecule has 10 nitrogen and oxygen atoms in total. The average molecular weight is 450 g/mol. The summed E-state index contributed by atoms with van der Waals surface area (Å²) in [6.45, 7) is 1.82. The number of carbonyl (C=O) groups is 2. The molecule has 0 saturated heterocycles. The summed E-state index contributed by atoms with van der Waals surface area (Å²) in [6, 6.07) is 1.10. The van der Waals surface area contributed by atoms with Gasteiger partial charge in [-0.15, -0.1) is 0 Å². The second kappa shape index (κ2) is 9.62. The van der Waals surface area contributed by atoms with E-state index < -0.39 is 35.7 Å². The number of anilines is 3. The van der Waals surface area contributed by atoms with E-state index in [2.05, 4.69) is 25.9 Å². The van der Waals surface area contributed by atoms with E-state index in [1.54, 1.807) is 0 Å². The maximum Gasteiger partial charge on any atom is 0.404 e. The van der Waals surface area contributed by atoms with E-state index >= 15 is 0 Å². The minimum absolute atomic E-state index is 0.110. The molecule has 2 amide bonds. The third-order valence-corrected chi connectivity index (χ3v) is 5.12. The van der Waals surface area contributed by atoms with Gasteiger partial charge in [0.1, 0.15) is 5.82 Å². The van der Waals surface area contributed by atoms with Crippen molar-refractivity contribution in [1.82, 2.24) is 15.3 Å². The molecule has 32 heavy (non-hydrogen) atoms. The molecule has 1 fully saturated rings. The smallest absolute Gasteiger partial charge is 0.404 e. The first-order valence-electron chi connectivity index (χ1n) is 9.96. The summed E-state index contributed by atoms with van der Waals surface area (Å²) in [7, 11) is 1.27. The van der Waals surface area contributed by atoms with E-state index in [0.29, 0.717) is 6.42 Å². The van der Waals surface area contributed by atoms with Gasteiger partial charge >= 0.3 is 6.09 Å². The van der Waals surface area contributed by atoms with Crippen LogP contribution in [0.25, 0.3) is 0 Å². The fourth-order valence-electron chi connectivity index (χ4n) is 3.42. The fraction of sp³-hybridized carbons (Fsp3) is 0.400. The summed E-state index contributed by atoms with van der Waals surface area (Å²) in [6.07, 6.45) is 2.26. The Balaban J connectivity index is 1.93. The molecule has 0 aliphatic heterocycles. The molecule has 3 rings (SSSR count). The maximum atomic E-state index is 14.8. The van der Waals surface area contributed by atoms with Crippen LogP contribution in [0.15, 0.2) is 18.3 Å². The second-order valence-electron chi connectivity index (χ2n) is 7.39. The molecule has 2 heterocycles. The lowest BCUT2D eigenvalue weighted by atomic mass is 10.0. The average Bonchev–Trinajstić information content (AvgIpc) is 3.57. The van der Waals surface area contributed by atoms with Gasteiger partial charge < -0.3 is 31.5 Å². The van der Waals surface area contributed by atoms with Crippen LogP contribution in [0.2, 0.25) is 0 Å². The highest BCUT2D eigenvalue weighted by Crippen LogP contribution is 2.37. The number of halogens is 2. The predicted octanol–water partition coefficient (Wildman–Crippen LogP) is 2.84. The van der Waals surface area contributed by atoms with Gasteiger partial charge in [-0.25, -0.2) is 23.5 Å². The summed E-state index contributed by atoms with van der Waals surface area (Å²) in [5.74, 6) is -2.91. The second-order valence-corrected chi connectivity index (χ2v) is 7.39. The summed E-state index contributed by atoms with van der Waals surface area (Å²) < 4.78 is 33.5. The number of nitrogens with one attached hydrogen (secondary N) is 3. The third-order valence-electron chi connectivity index (χ3n) is 5.12. The molecule has 6 N–H and O–H groups in total. The number of hydrogen-bond donors (Lipinski definition) is 5. The van der Waals surface area contributed by atoms with E-state index in [1.807, 2.05) is 6.92 Å². The topological polar surface area (TPSA) is 151 Å². The van der Waals surface area contributed by atoms with Crippen LogP contribution in [-0.2, 0) is 0 Å². The maximum absolute atomic E-state index is 14.8. The van der Waals surface area contributed by atoms with E-state index in [1.165, 1.54) is 13.3 Å². The lowest BCUT2D eigenvalue weighted by Gasteiger charge is -2.28. The number of pyridine rings is 2. The first-order chi connectivity index (χ1) is 15.2. The van der Waals surface area contributed by atoms with Crippen LogP contribution in [0.5, 0.6) is 5.88 Å². The number of methoxy groups -OCH3 is 1. The molecule has 2 aromatic heterocycles. The number of rotatable bonds is 10. The molecule has 0 spiro atoms. The zero-order valence-corrected chi connectivity index (χ0v) is 17.5. The van der Waals surface area contributed by atoms with Crippen LogP contribution < -0.4 is 26.4 Å². The summed E-state index contributed by atoms with van der Waals surface area (Å²) in [5.41, 5.74) is 5.24. The van der Waals surface area contributed by atoms with E-state index in [-0.39, 0.29) is 34.7 Å². The van der Waals surface area contributed by atoms with Crippen LogP contribution in [0.1, 0.15) is 36.5 Å². The molecule has 2 aromatic rings. The Hall–Kier alpha value is -3.70. The van der Waals surface area contributed by atoms with Crippen molar-refractivity contribution in [1.29, 1.82) is 0 Å². The van der Waals surface area contributed by atoms with Gasteiger partial charge in [0, 0.05) is 6.07 Å². The van der Waals surface area contributed by atoms with Crippen LogP contribution in [-0.4, -0.2) is 46.3 Å². The highest BCUT2D eigenvalue weighted by molar-refractivity contribution is 5.98. The molecule has 1 saturated carbocycles. The molecule has 0 bridgehead atoms. The largest absolute Gasteiger partial charge is 0.479 e. The zero-order chi connectivity index (χ0) is 23.4. The number of ether oxygens (including phenoxy) is 1. The van der Waals surface area contributed by atoms with Crippen LogP contribution in [0.4, 0.5) is 30.9 Å². The SMILES string of the molecule is CC[C@H](NC(=O)O)[C@H](Nc1nc(Nc2cnc(OC)c(F)c2)c(C(N)=O)cc1F)C1CC1. The number of aromatic nitrogens is 2. The van der Waals surface area contributed by atoms with Gasteiger partial charge in [0.25, 0.3) is 5.91 Å². The molecular formula is C20H24F2N6O4. The molecule has 0 unspecified atom stereocenters. The van der Waals surface area contributed by atoms with Gasteiger partial charge in [0.2, 0.25) is 5.88 Å². The van der Waals surface area contributed by atoms with Crippen molar-refractivity contribution >= 4 is 29.3 Å². The quantitative estimate of drug-likeness (QED) is 0.371. The number of nitrogens with two attached hydrogens (primary N) is 1. The van der Waals surface area contributed by atoms with Gasteiger partial charge in [0.05, 0.1) is 36.6 Å². The molecular weight excluding hydrogens is 426 g/mol. The normalized spacial score (nSPS) is 14.9. The molecule has 0 aromatic carbocycles. The Kier molecular flexibility index (Phi) is 6.91. The monoisotopic (exact) mass is 450 g/mol. The van der Waals surface area contributed by atoms with Crippen molar-refractivity contribution in [2.75, 3.05) is 17.7 Å². The number of carboxylic acid groups (broad SMARTS) is 1. The zero-order valence-electron chi connectivity index (χ0n) is 17.5. The van der Waals surface area contributed by atoms with E-state index in [4.69, 9.17) is 15.6 Å². The van der Waals surface area contributed by atoms with E-state index in [9.17, 15) is 18.4 Å². The molecule has 172 valence electrons. The molecule has 1 aliphatic carbocycles. The molecule has 0 radical (unpaired) electrons. The molecule has 2 atom stereocenters.